The van der Waals surface area contributed by atoms with E-state index in [0.29, 0.717) is 0 Å². The molecule has 0 radical (unpaired) electrons. The van der Waals surface area contributed by atoms with E-state index >= 15 is 0 Å². The van der Waals surface area contributed by atoms with E-state index in [0.717, 1.165) is 12.1 Å². The molecule has 0 aliphatic carbocycles. The Balaban J connectivity index is 0.00000169. The molecule has 0 heterocycles. The Morgan fingerprint density at radius 3 is 2.36 bits per heavy atom. The first-order valence-electron chi connectivity index (χ1n) is 3.06. The standard InChI is InChI=1S/C6H6ClNO4S.Li/c7-6-4(9)1-3(8)2-5(6)13(10,11)12;/h1-2,9H,8H2,(H,10,11,12);/q;+1/p-1. The van der Waals surface area contributed by atoms with Gasteiger partial charge >= 0.3 is 18.9 Å². The van der Waals surface area contributed by atoms with Gasteiger partial charge in [0.1, 0.15) is 4.90 Å². The van der Waals surface area contributed by atoms with Gasteiger partial charge in [-0.1, -0.05) is 17.4 Å². The molecule has 0 aromatic heterocycles. The van der Waals surface area contributed by atoms with Gasteiger partial charge in [-0.2, -0.15) is 8.42 Å². The number of nitrogens with two attached hydrogens (primary N) is 1. The Kier molecular flexibility index (Phi) is 4.30. The van der Waals surface area contributed by atoms with E-state index in [9.17, 15) is 13.5 Å². The van der Waals surface area contributed by atoms with E-state index in [4.69, 9.17) is 21.9 Å². The van der Waals surface area contributed by atoms with E-state index in [1.165, 1.54) is 0 Å². The fourth-order valence-electron chi connectivity index (χ4n) is 0.780. The van der Waals surface area contributed by atoms with Gasteiger partial charge < -0.3 is 10.8 Å². The van der Waals surface area contributed by atoms with Crippen LogP contribution in [0.3, 0.4) is 0 Å². The number of hydrogen-bond acceptors (Lipinski definition) is 4. The first kappa shape index (κ1) is 13.6. The molecule has 0 unspecified atom stereocenters. The van der Waals surface area contributed by atoms with Crippen LogP contribution in [0.5, 0.6) is 5.75 Å². The van der Waals surface area contributed by atoms with Crippen molar-refractivity contribution < 1.29 is 36.9 Å². The maximum Gasteiger partial charge on any atom is 1.00 e. The van der Waals surface area contributed by atoms with Gasteiger partial charge in [-0.3, -0.25) is 4.55 Å². The van der Waals surface area contributed by atoms with Crippen molar-refractivity contribution in [2.24, 2.45) is 0 Å². The van der Waals surface area contributed by atoms with E-state index in [-0.39, 0.29) is 24.5 Å². The van der Waals surface area contributed by atoms with Crippen LogP contribution in [0.4, 0.5) is 5.69 Å². The third-order valence-corrected chi connectivity index (χ3v) is 2.69. The molecule has 8 heteroatoms. The Hall–Kier alpha value is -0.383. The van der Waals surface area contributed by atoms with Crippen molar-refractivity contribution in [1.82, 2.24) is 0 Å². The number of halogens is 1. The Labute approximate surface area is 97.8 Å². The maximum atomic E-state index is 10.9. The Morgan fingerprint density at radius 1 is 1.43 bits per heavy atom. The van der Waals surface area contributed by atoms with Gasteiger partial charge in [0.05, 0.1) is 5.02 Å². The minimum absolute atomic E-state index is 0. The predicted molar refractivity (Wildman–Crippen MR) is 45.1 cm³/mol. The van der Waals surface area contributed by atoms with Crippen LogP contribution in [0.25, 0.3) is 0 Å². The molecule has 14 heavy (non-hydrogen) atoms. The summed E-state index contributed by atoms with van der Waals surface area (Å²) in [6.45, 7) is 0. The molecule has 0 bridgehead atoms. The molecular formula is C6H5ClLiNO4S. The summed E-state index contributed by atoms with van der Waals surface area (Å²) in [4.78, 5) is -0.667. The quantitative estimate of drug-likeness (QED) is 0.309. The molecule has 1 aromatic rings. The summed E-state index contributed by atoms with van der Waals surface area (Å²) in [6, 6.07) is 1.88. The molecule has 0 aliphatic heterocycles. The number of rotatable bonds is 1. The molecule has 72 valence electrons. The van der Waals surface area contributed by atoms with E-state index < -0.39 is 25.8 Å². The summed E-state index contributed by atoms with van der Waals surface area (Å²) in [7, 11) is -4.49. The van der Waals surface area contributed by atoms with Gasteiger partial charge in [-0.25, -0.2) is 0 Å². The normalized spacial score (nSPS) is 10.7. The molecule has 1 aromatic carbocycles. The van der Waals surface area contributed by atoms with Crippen molar-refractivity contribution in [3.05, 3.63) is 17.2 Å². The zero-order valence-corrected chi connectivity index (χ0v) is 8.76. The van der Waals surface area contributed by atoms with E-state index in [1.54, 1.807) is 0 Å². The Morgan fingerprint density at radius 2 is 1.93 bits per heavy atom. The van der Waals surface area contributed by atoms with Crippen LogP contribution in [0.1, 0.15) is 0 Å². The molecule has 0 saturated heterocycles. The summed E-state index contributed by atoms with van der Waals surface area (Å²) < 4.78 is 29.9. The average Bonchev–Trinajstić information content (AvgIpc) is 1.94. The van der Waals surface area contributed by atoms with Gasteiger partial charge in [0.25, 0.3) is 10.1 Å². The number of anilines is 1. The minimum atomic E-state index is -4.49. The number of hydrogen-bond donors (Lipinski definition) is 2. The van der Waals surface area contributed by atoms with Crippen LogP contribution < -0.4 is 29.7 Å². The minimum Gasteiger partial charge on any atom is -0.871 e. The summed E-state index contributed by atoms with van der Waals surface area (Å²) >= 11 is 5.34. The molecule has 1 rings (SSSR count). The van der Waals surface area contributed by atoms with Crippen molar-refractivity contribution in [2.45, 2.75) is 4.90 Å². The molecule has 0 aliphatic rings. The fourth-order valence-corrected chi connectivity index (χ4v) is 1.79. The molecule has 3 N–H and O–H groups in total. The summed E-state index contributed by atoms with van der Waals surface area (Å²) in [5.74, 6) is -0.741. The smallest absolute Gasteiger partial charge is 0.871 e. The molecular weight excluding hydrogens is 225 g/mol. The third-order valence-electron chi connectivity index (χ3n) is 1.31. The molecule has 0 atom stereocenters. The van der Waals surface area contributed by atoms with Crippen molar-refractivity contribution in [2.75, 3.05) is 5.73 Å². The maximum absolute atomic E-state index is 10.9. The second-order valence-corrected chi connectivity index (χ2v) is 4.07. The van der Waals surface area contributed by atoms with Crippen molar-refractivity contribution >= 4 is 27.4 Å². The summed E-state index contributed by atoms with van der Waals surface area (Å²) in [5, 5.41) is 10.4. The van der Waals surface area contributed by atoms with Crippen molar-refractivity contribution in [3.8, 4) is 5.75 Å². The van der Waals surface area contributed by atoms with Gasteiger partial charge in [0.15, 0.2) is 0 Å². The SMILES string of the molecule is Nc1cc([O-])c(Cl)c(S(=O)(=O)O)c1.[Li+]. The molecule has 0 amide bonds. The van der Waals surface area contributed by atoms with E-state index in [1.807, 2.05) is 0 Å². The van der Waals surface area contributed by atoms with Gasteiger partial charge in [-0.15, -0.1) is 0 Å². The van der Waals surface area contributed by atoms with Crippen LogP contribution in [0, 0.1) is 0 Å². The van der Waals surface area contributed by atoms with Crippen LogP contribution in [-0.4, -0.2) is 13.0 Å². The zero-order valence-electron chi connectivity index (χ0n) is 7.19. The predicted octanol–water partition coefficient (Wildman–Crippen LogP) is -2.75. The van der Waals surface area contributed by atoms with Crippen molar-refractivity contribution in [1.29, 1.82) is 0 Å². The van der Waals surface area contributed by atoms with Gasteiger partial charge in [0, 0.05) is 5.69 Å². The second kappa shape index (κ2) is 4.42. The van der Waals surface area contributed by atoms with Crippen LogP contribution in [-0.2, 0) is 10.1 Å². The molecule has 0 saturated carbocycles. The second-order valence-electron chi connectivity index (χ2n) is 2.31. The van der Waals surface area contributed by atoms with Crippen molar-refractivity contribution in [3.63, 3.8) is 0 Å². The van der Waals surface area contributed by atoms with Crippen LogP contribution in [0.2, 0.25) is 5.02 Å². The molecule has 0 spiro atoms. The van der Waals surface area contributed by atoms with E-state index in [2.05, 4.69) is 0 Å². The zero-order chi connectivity index (χ0) is 10.2. The molecule has 5 nitrogen and oxygen atoms in total. The summed E-state index contributed by atoms with van der Waals surface area (Å²) in [5.41, 5.74) is 5.12. The van der Waals surface area contributed by atoms with Gasteiger partial charge in [-0.05, 0) is 12.1 Å². The first-order valence-corrected chi connectivity index (χ1v) is 4.87. The largest absolute Gasteiger partial charge is 1.00 e. The number of nitrogen functional groups attached to an aromatic ring is 1. The molecule has 0 fully saturated rings. The van der Waals surface area contributed by atoms with Gasteiger partial charge in [0.2, 0.25) is 0 Å². The first-order chi connectivity index (χ1) is 5.82. The fraction of sp³-hybridized carbons (Fsp3) is 0. The van der Waals surface area contributed by atoms with Crippen LogP contribution >= 0.6 is 11.6 Å². The average molecular weight is 230 g/mol. The Bertz CT molecular complexity index is 447. The van der Waals surface area contributed by atoms with Crippen LogP contribution in [0.15, 0.2) is 17.0 Å². The summed E-state index contributed by atoms with van der Waals surface area (Å²) in [6.07, 6.45) is 0. The third kappa shape index (κ3) is 2.80. The number of benzene rings is 1. The monoisotopic (exact) mass is 229 g/mol. The topological polar surface area (TPSA) is 103 Å².